The summed E-state index contributed by atoms with van der Waals surface area (Å²) >= 11 is 0. The number of rotatable bonds is 55. The van der Waals surface area contributed by atoms with Gasteiger partial charge in [-0.3, -0.25) is 0 Å². The Hall–Kier alpha value is -0.920. The minimum absolute atomic E-state index is 0.942. The van der Waals surface area contributed by atoms with Crippen molar-refractivity contribution in [3.63, 3.8) is 0 Å². The predicted molar refractivity (Wildman–Crippen MR) is 290 cm³/mol. The fourth-order valence-corrected chi connectivity index (χ4v) is 10.2. The lowest BCUT2D eigenvalue weighted by Gasteiger charge is -2.08. The minimum atomic E-state index is 0.942. The van der Waals surface area contributed by atoms with Gasteiger partial charge in [0.1, 0.15) is 5.82 Å². The van der Waals surface area contributed by atoms with Crippen LogP contribution in [0.4, 0.5) is 0 Å². The van der Waals surface area contributed by atoms with Crippen LogP contribution in [0, 0.1) is 6.42 Å². The van der Waals surface area contributed by atoms with E-state index in [1.807, 2.05) is 0 Å². The molecule has 377 valence electrons. The fraction of sp³-hybridized carbons (Fsp3) is 0.919. The molecule has 64 heavy (non-hydrogen) atoms. The Morgan fingerprint density at radius 2 is 0.406 bits per heavy atom. The molecule has 0 aromatic carbocycles. The molecule has 0 unspecified atom stereocenters. The van der Waals surface area contributed by atoms with E-state index in [9.17, 15) is 0 Å². The SMILES string of the molecule is C[CH]c1nc(CCCCCCCCCCCCCCCCCCCCCCCCCCCC)cc(CCCCCCCCCCCCCCCCCCCCCCCCCCCC)n1. The maximum Gasteiger partial charge on any atom is 0.132 e. The molecule has 2 nitrogen and oxygen atoms in total. The molecule has 1 radical (unpaired) electrons. The fourth-order valence-electron chi connectivity index (χ4n) is 10.2. The standard InChI is InChI=1S/C62H119N2/c1-4-7-9-11-13-15-17-19-21-23-25-27-29-31-33-35-37-39-41-43-45-47-49-51-53-55-57-60-59-61(64-62(6-3)63-60)58-56-54-52-50-48-46-44-42-40-38-36-34-32-30-28-26-24-22-20-18-16-14-12-10-8-5-2/h6,59H,4-5,7-58H2,1-3H3. The summed E-state index contributed by atoms with van der Waals surface area (Å²) in [5.41, 5.74) is 2.55. The van der Waals surface area contributed by atoms with Gasteiger partial charge in [-0.15, -0.1) is 0 Å². The maximum atomic E-state index is 4.86. The highest BCUT2D eigenvalue weighted by Gasteiger charge is 2.06. The van der Waals surface area contributed by atoms with Crippen LogP contribution in [0.5, 0.6) is 0 Å². The van der Waals surface area contributed by atoms with Crippen molar-refractivity contribution in [1.82, 2.24) is 9.97 Å². The van der Waals surface area contributed by atoms with E-state index in [-0.39, 0.29) is 0 Å². The van der Waals surface area contributed by atoms with E-state index < -0.39 is 0 Å². The van der Waals surface area contributed by atoms with Gasteiger partial charge >= 0.3 is 0 Å². The highest BCUT2D eigenvalue weighted by molar-refractivity contribution is 5.15. The highest BCUT2D eigenvalue weighted by Crippen LogP contribution is 2.19. The van der Waals surface area contributed by atoms with Crippen molar-refractivity contribution < 1.29 is 0 Å². The van der Waals surface area contributed by atoms with Crippen LogP contribution in [0.1, 0.15) is 372 Å². The molecule has 0 fully saturated rings. The number of aryl methyl sites for hydroxylation is 2. The van der Waals surface area contributed by atoms with Crippen molar-refractivity contribution >= 4 is 0 Å². The summed E-state index contributed by atoms with van der Waals surface area (Å²) in [4.78, 5) is 9.73. The van der Waals surface area contributed by atoms with Crippen LogP contribution in [0.15, 0.2) is 6.07 Å². The van der Waals surface area contributed by atoms with Gasteiger partial charge in [0, 0.05) is 17.8 Å². The van der Waals surface area contributed by atoms with Gasteiger partial charge in [-0.1, -0.05) is 342 Å². The molecule has 0 atom stereocenters. The third-order valence-electron chi connectivity index (χ3n) is 14.7. The zero-order valence-electron chi connectivity index (χ0n) is 44.7. The zero-order chi connectivity index (χ0) is 45.7. The molecule has 1 heterocycles. The third-order valence-corrected chi connectivity index (χ3v) is 14.7. The van der Waals surface area contributed by atoms with E-state index in [0.717, 1.165) is 18.7 Å². The van der Waals surface area contributed by atoms with Crippen molar-refractivity contribution in [2.24, 2.45) is 0 Å². The second kappa shape index (κ2) is 53.0. The number of unbranched alkanes of at least 4 members (excludes halogenated alkanes) is 50. The molecule has 2 heteroatoms. The van der Waals surface area contributed by atoms with Crippen molar-refractivity contribution in [1.29, 1.82) is 0 Å². The summed E-state index contributed by atoms with van der Waals surface area (Å²) in [5, 5.41) is 0. The first-order valence-electron chi connectivity index (χ1n) is 30.5. The second-order valence-electron chi connectivity index (χ2n) is 21.2. The zero-order valence-corrected chi connectivity index (χ0v) is 44.7. The summed E-state index contributed by atoms with van der Waals surface area (Å²) in [6.07, 6.45) is 79.7. The van der Waals surface area contributed by atoms with Gasteiger partial charge in [0.15, 0.2) is 0 Å². The first-order valence-corrected chi connectivity index (χ1v) is 30.5. The van der Waals surface area contributed by atoms with E-state index in [1.54, 1.807) is 0 Å². The molecular weight excluding hydrogens is 773 g/mol. The number of hydrogen-bond acceptors (Lipinski definition) is 2. The van der Waals surface area contributed by atoms with Crippen molar-refractivity contribution in [3.05, 3.63) is 29.7 Å². The largest absolute Gasteiger partial charge is 0.238 e. The van der Waals surface area contributed by atoms with Crippen LogP contribution in [0.3, 0.4) is 0 Å². The normalized spacial score (nSPS) is 11.7. The summed E-state index contributed by atoms with van der Waals surface area (Å²) in [5.74, 6) is 0.942. The lowest BCUT2D eigenvalue weighted by molar-refractivity contribution is 0.515. The topological polar surface area (TPSA) is 25.8 Å². The predicted octanol–water partition coefficient (Wildman–Crippen LogP) is 22.5. The molecule has 1 aromatic rings. The van der Waals surface area contributed by atoms with Crippen molar-refractivity contribution in [3.8, 4) is 0 Å². The van der Waals surface area contributed by atoms with Crippen LogP contribution in [0.25, 0.3) is 0 Å². The van der Waals surface area contributed by atoms with E-state index in [2.05, 4.69) is 33.3 Å². The Kier molecular flexibility index (Phi) is 50.6. The smallest absolute Gasteiger partial charge is 0.132 e. The highest BCUT2D eigenvalue weighted by atomic mass is 14.9. The van der Waals surface area contributed by atoms with Crippen LogP contribution in [-0.4, -0.2) is 9.97 Å². The lowest BCUT2D eigenvalue weighted by Crippen LogP contribution is -2.02. The Balaban J connectivity index is 1.83. The first-order chi connectivity index (χ1) is 31.8. The Morgan fingerprint density at radius 1 is 0.250 bits per heavy atom. The van der Waals surface area contributed by atoms with Gasteiger partial charge in [0.05, 0.1) is 0 Å². The van der Waals surface area contributed by atoms with Gasteiger partial charge in [-0.05, 0) is 31.7 Å². The summed E-state index contributed by atoms with van der Waals surface area (Å²) < 4.78 is 0. The van der Waals surface area contributed by atoms with Gasteiger partial charge in [-0.2, -0.15) is 0 Å². The number of hydrogen-bond donors (Lipinski definition) is 0. The molecule has 0 aliphatic carbocycles. The molecule has 0 amide bonds. The van der Waals surface area contributed by atoms with Crippen molar-refractivity contribution in [2.45, 2.75) is 367 Å². The molecule has 0 aliphatic rings. The van der Waals surface area contributed by atoms with Gasteiger partial charge in [-0.25, -0.2) is 9.97 Å². The number of nitrogens with zero attached hydrogens (tertiary/aromatic N) is 2. The van der Waals surface area contributed by atoms with Crippen molar-refractivity contribution in [2.75, 3.05) is 0 Å². The summed E-state index contributed by atoms with van der Waals surface area (Å²) in [7, 11) is 0. The molecule has 0 aliphatic heterocycles. The molecule has 0 N–H and O–H groups in total. The maximum absolute atomic E-state index is 4.86. The molecule has 1 rings (SSSR count). The van der Waals surface area contributed by atoms with E-state index >= 15 is 0 Å². The van der Waals surface area contributed by atoms with Gasteiger partial charge in [0.2, 0.25) is 0 Å². The second-order valence-corrected chi connectivity index (χ2v) is 21.2. The van der Waals surface area contributed by atoms with Gasteiger partial charge < -0.3 is 0 Å². The molecule has 0 spiro atoms. The summed E-state index contributed by atoms with van der Waals surface area (Å²) in [6.45, 7) is 6.71. The number of aromatic nitrogens is 2. The molecule has 0 saturated carbocycles. The molecule has 0 saturated heterocycles. The molecule has 1 aromatic heterocycles. The first kappa shape index (κ1) is 61.1. The monoisotopic (exact) mass is 892 g/mol. The average Bonchev–Trinajstić information content (AvgIpc) is 3.31. The average molecular weight is 893 g/mol. The van der Waals surface area contributed by atoms with Gasteiger partial charge in [0.25, 0.3) is 0 Å². The van der Waals surface area contributed by atoms with E-state index in [0.29, 0.717) is 0 Å². The third kappa shape index (κ3) is 46.2. The Morgan fingerprint density at radius 3 is 0.562 bits per heavy atom. The molecular formula is C62H119N2. The minimum Gasteiger partial charge on any atom is -0.238 e. The van der Waals surface area contributed by atoms with E-state index in [1.165, 1.54) is 345 Å². The summed E-state index contributed by atoms with van der Waals surface area (Å²) in [6, 6.07) is 2.33. The quantitative estimate of drug-likeness (QED) is 0.0609. The Labute approximate surface area is 405 Å². The van der Waals surface area contributed by atoms with Crippen LogP contribution in [-0.2, 0) is 12.8 Å². The van der Waals surface area contributed by atoms with Crippen LogP contribution < -0.4 is 0 Å². The Bertz CT molecular complexity index is 928. The van der Waals surface area contributed by atoms with E-state index in [4.69, 9.17) is 9.97 Å². The lowest BCUT2D eigenvalue weighted by atomic mass is 10.0. The van der Waals surface area contributed by atoms with Crippen LogP contribution >= 0.6 is 0 Å². The molecule has 0 bridgehead atoms. The van der Waals surface area contributed by atoms with Crippen LogP contribution in [0.2, 0.25) is 0 Å².